The molecule has 0 radical (unpaired) electrons. The lowest BCUT2D eigenvalue weighted by Crippen LogP contribution is -2.30. The van der Waals surface area contributed by atoms with E-state index in [4.69, 9.17) is 16.3 Å². The summed E-state index contributed by atoms with van der Waals surface area (Å²) in [5.41, 5.74) is 0.727. The zero-order valence-corrected chi connectivity index (χ0v) is 10.1. The number of nitrogens with zero attached hydrogens (tertiary/aromatic N) is 1. The van der Waals surface area contributed by atoms with Crippen LogP contribution in [0.15, 0.2) is 18.3 Å². The van der Waals surface area contributed by atoms with Crippen molar-refractivity contribution >= 4 is 11.6 Å². The molecule has 0 atom stereocenters. The van der Waals surface area contributed by atoms with Gasteiger partial charge in [0, 0.05) is 25.1 Å². The first-order valence-electron chi connectivity index (χ1n) is 5.64. The number of aromatic nitrogens is 1. The Morgan fingerprint density at radius 3 is 2.76 bits per heavy atom. The van der Waals surface area contributed by atoms with E-state index in [2.05, 4.69) is 4.98 Å². The molecule has 1 aromatic heterocycles. The van der Waals surface area contributed by atoms with Gasteiger partial charge in [-0.15, -0.1) is 11.6 Å². The van der Waals surface area contributed by atoms with Crippen molar-refractivity contribution in [3.63, 3.8) is 0 Å². The Balaban J connectivity index is 1.93. The van der Waals surface area contributed by atoms with Crippen molar-refractivity contribution in [3.05, 3.63) is 24.0 Å². The second-order valence-electron chi connectivity index (χ2n) is 4.29. The summed E-state index contributed by atoms with van der Waals surface area (Å²) in [6.45, 7) is 0. The minimum atomic E-state index is -2.51. The number of halogens is 3. The lowest BCUT2D eigenvalue weighted by molar-refractivity contribution is -0.0582. The van der Waals surface area contributed by atoms with Gasteiger partial charge in [-0.3, -0.25) is 4.98 Å². The highest BCUT2D eigenvalue weighted by Crippen LogP contribution is 2.34. The zero-order valence-electron chi connectivity index (χ0n) is 9.33. The second kappa shape index (κ2) is 5.17. The molecule has 0 aliphatic heterocycles. The number of hydrogen-bond acceptors (Lipinski definition) is 2. The molecule has 2 nitrogen and oxygen atoms in total. The third-order valence-electron chi connectivity index (χ3n) is 2.89. The first-order chi connectivity index (χ1) is 8.09. The normalized spacial score (nSPS) is 20.2. The van der Waals surface area contributed by atoms with Gasteiger partial charge in [0.1, 0.15) is 5.75 Å². The highest BCUT2D eigenvalue weighted by atomic mass is 35.5. The van der Waals surface area contributed by atoms with E-state index in [9.17, 15) is 8.78 Å². The Kier molecular flexibility index (Phi) is 3.82. The van der Waals surface area contributed by atoms with Crippen molar-refractivity contribution < 1.29 is 13.5 Å². The first-order valence-corrected chi connectivity index (χ1v) is 6.18. The number of pyridine rings is 1. The van der Waals surface area contributed by atoms with Crippen molar-refractivity contribution in [2.24, 2.45) is 0 Å². The molecule has 0 amide bonds. The van der Waals surface area contributed by atoms with Gasteiger partial charge in [-0.2, -0.15) is 0 Å². The molecule has 0 unspecified atom stereocenters. The molecule has 2 rings (SSSR count). The lowest BCUT2D eigenvalue weighted by Gasteiger charge is -2.28. The summed E-state index contributed by atoms with van der Waals surface area (Å²) in [6, 6.07) is 3.47. The van der Waals surface area contributed by atoms with Gasteiger partial charge >= 0.3 is 0 Å². The van der Waals surface area contributed by atoms with E-state index in [-0.39, 0.29) is 18.9 Å². The van der Waals surface area contributed by atoms with Crippen molar-refractivity contribution in [1.82, 2.24) is 4.98 Å². The molecule has 5 heteroatoms. The van der Waals surface area contributed by atoms with Crippen LogP contribution in [0.2, 0.25) is 0 Å². The van der Waals surface area contributed by atoms with Gasteiger partial charge in [0.2, 0.25) is 5.92 Å². The maximum Gasteiger partial charge on any atom is 0.248 e. The number of hydrogen-bond donors (Lipinski definition) is 0. The van der Waals surface area contributed by atoms with Crippen LogP contribution in [0.1, 0.15) is 31.4 Å². The lowest BCUT2D eigenvalue weighted by atomic mass is 9.94. The van der Waals surface area contributed by atoms with Crippen LogP contribution in [0.5, 0.6) is 5.75 Å². The summed E-state index contributed by atoms with van der Waals surface area (Å²) in [4.78, 5) is 4.04. The van der Waals surface area contributed by atoms with Crippen LogP contribution >= 0.6 is 11.6 Å². The molecular weight excluding hydrogens is 248 g/mol. The molecule has 94 valence electrons. The molecule has 1 fully saturated rings. The summed E-state index contributed by atoms with van der Waals surface area (Å²) in [5.74, 6) is -1.54. The summed E-state index contributed by atoms with van der Waals surface area (Å²) in [6.07, 6.45) is 2.10. The van der Waals surface area contributed by atoms with Gasteiger partial charge in [0.05, 0.1) is 17.7 Å². The van der Waals surface area contributed by atoms with Gasteiger partial charge < -0.3 is 4.74 Å². The van der Waals surface area contributed by atoms with Crippen LogP contribution in [0.3, 0.4) is 0 Å². The standard InChI is InChI=1S/C12H14ClF2NO/c13-8-9-7-11(3-6-16-9)17-10-1-4-12(14,15)5-2-10/h3,6-7,10H,1-2,4-5,8H2. The Hall–Kier alpha value is -0.900. The third-order valence-corrected chi connectivity index (χ3v) is 3.17. The Labute approximate surface area is 104 Å². The van der Waals surface area contributed by atoms with E-state index in [1.807, 2.05) is 0 Å². The average molecular weight is 262 g/mol. The molecule has 0 spiro atoms. The van der Waals surface area contributed by atoms with E-state index in [1.54, 1.807) is 18.3 Å². The smallest absolute Gasteiger partial charge is 0.248 e. The largest absolute Gasteiger partial charge is 0.490 e. The van der Waals surface area contributed by atoms with Crippen molar-refractivity contribution in [1.29, 1.82) is 0 Å². The molecule has 17 heavy (non-hydrogen) atoms. The summed E-state index contributed by atoms with van der Waals surface area (Å²) in [5, 5.41) is 0. The molecule has 1 aliphatic carbocycles. The quantitative estimate of drug-likeness (QED) is 0.773. The number of ether oxygens (including phenoxy) is 1. The fourth-order valence-electron chi connectivity index (χ4n) is 1.93. The Bertz CT molecular complexity index is 377. The summed E-state index contributed by atoms with van der Waals surface area (Å²) in [7, 11) is 0. The minimum absolute atomic E-state index is 0.0921. The van der Waals surface area contributed by atoms with E-state index in [0.717, 1.165) is 5.69 Å². The first kappa shape index (κ1) is 12.6. The van der Waals surface area contributed by atoms with Crippen LogP contribution < -0.4 is 4.74 Å². The molecule has 0 N–H and O–H groups in total. The minimum Gasteiger partial charge on any atom is -0.490 e. The molecule has 1 heterocycles. The molecule has 0 bridgehead atoms. The van der Waals surface area contributed by atoms with Crippen LogP contribution in [0, 0.1) is 0 Å². The van der Waals surface area contributed by atoms with Gasteiger partial charge in [-0.1, -0.05) is 0 Å². The zero-order chi connectivity index (χ0) is 12.3. The van der Waals surface area contributed by atoms with Crippen LogP contribution in [-0.4, -0.2) is 17.0 Å². The topological polar surface area (TPSA) is 22.1 Å². The Morgan fingerprint density at radius 1 is 1.41 bits per heavy atom. The van der Waals surface area contributed by atoms with Crippen molar-refractivity contribution in [2.45, 2.75) is 43.6 Å². The summed E-state index contributed by atoms with van der Waals surface area (Å²) < 4.78 is 31.6. The summed E-state index contributed by atoms with van der Waals surface area (Å²) >= 11 is 5.66. The van der Waals surface area contributed by atoms with Crippen molar-refractivity contribution in [3.8, 4) is 5.75 Å². The fraction of sp³-hybridized carbons (Fsp3) is 0.583. The highest BCUT2D eigenvalue weighted by molar-refractivity contribution is 6.16. The van der Waals surface area contributed by atoms with E-state index in [0.29, 0.717) is 24.5 Å². The molecule has 0 saturated heterocycles. The monoisotopic (exact) mass is 261 g/mol. The molecule has 1 aliphatic rings. The van der Waals surface area contributed by atoms with Gasteiger partial charge in [0.15, 0.2) is 0 Å². The fourth-order valence-corrected chi connectivity index (χ4v) is 2.07. The van der Waals surface area contributed by atoms with Gasteiger partial charge in [-0.05, 0) is 18.9 Å². The molecular formula is C12H14ClF2NO. The van der Waals surface area contributed by atoms with Crippen LogP contribution in [0.4, 0.5) is 8.78 Å². The van der Waals surface area contributed by atoms with E-state index < -0.39 is 5.92 Å². The van der Waals surface area contributed by atoms with E-state index >= 15 is 0 Å². The Morgan fingerprint density at radius 2 is 2.12 bits per heavy atom. The third kappa shape index (κ3) is 3.53. The van der Waals surface area contributed by atoms with Crippen LogP contribution in [0.25, 0.3) is 0 Å². The molecule has 0 aromatic carbocycles. The maximum atomic E-state index is 13.0. The number of alkyl halides is 3. The average Bonchev–Trinajstić information content (AvgIpc) is 2.32. The SMILES string of the molecule is FC1(F)CCC(Oc2ccnc(CCl)c2)CC1. The van der Waals surface area contributed by atoms with E-state index in [1.165, 1.54) is 0 Å². The predicted molar refractivity (Wildman–Crippen MR) is 61.6 cm³/mol. The molecule has 1 aromatic rings. The second-order valence-corrected chi connectivity index (χ2v) is 4.56. The van der Waals surface area contributed by atoms with Crippen LogP contribution in [-0.2, 0) is 5.88 Å². The molecule has 1 saturated carbocycles. The van der Waals surface area contributed by atoms with Gasteiger partial charge in [-0.25, -0.2) is 8.78 Å². The maximum absolute atomic E-state index is 13.0. The predicted octanol–water partition coefficient (Wildman–Crippen LogP) is 3.78. The number of rotatable bonds is 3. The van der Waals surface area contributed by atoms with Crippen molar-refractivity contribution in [2.75, 3.05) is 0 Å². The highest BCUT2D eigenvalue weighted by Gasteiger charge is 2.35. The van der Waals surface area contributed by atoms with Gasteiger partial charge in [0.25, 0.3) is 0 Å².